The minimum atomic E-state index is -0.439. The van der Waals surface area contributed by atoms with Gasteiger partial charge in [-0.2, -0.15) is 0 Å². The highest BCUT2D eigenvalue weighted by Gasteiger charge is 2.23. The van der Waals surface area contributed by atoms with E-state index in [1.807, 2.05) is 51.1 Å². The molecule has 0 aromatic heterocycles. The van der Waals surface area contributed by atoms with Gasteiger partial charge < -0.3 is 5.11 Å². The van der Waals surface area contributed by atoms with Crippen molar-refractivity contribution in [2.45, 2.75) is 45.3 Å². The van der Waals surface area contributed by atoms with E-state index in [9.17, 15) is 4.79 Å². The Bertz CT molecular complexity index is 373. The average Bonchev–Trinajstić information content (AvgIpc) is 2.36. The SMILES string of the molecule is CC(C)(C)ON(C=O)C(CCO)Cc1ccccc1. The van der Waals surface area contributed by atoms with Crippen LogP contribution in [0.3, 0.4) is 0 Å². The topological polar surface area (TPSA) is 49.8 Å². The summed E-state index contributed by atoms with van der Waals surface area (Å²) in [6.45, 7) is 5.70. The second-order valence-electron chi connectivity index (χ2n) is 5.52. The summed E-state index contributed by atoms with van der Waals surface area (Å²) in [5.41, 5.74) is 0.677. The molecule has 4 heteroatoms. The van der Waals surface area contributed by atoms with Crippen LogP contribution in [-0.2, 0) is 16.1 Å². The Balaban J connectivity index is 2.77. The summed E-state index contributed by atoms with van der Waals surface area (Å²) in [5, 5.41) is 10.5. The van der Waals surface area contributed by atoms with E-state index in [0.717, 1.165) is 5.56 Å². The van der Waals surface area contributed by atoms with Crippen molar-refractivity contribution in [3.63, 3.8) is 0 Å². The van der Waals surface area contributed by atoms with Gasteiger partial charge in [0.25, 0.3) is 0 Å². The molecular formula is C15H23NO3. The summed E-state index contributed by atoms with van der Waals surface area (Å²) >= 11 is 0. The molecule has 1 aromatic carbocycles. The minimum absolute atomic E-state index is 0.0232. The number of hydrogen-bond donors (Lipinski definition) is 1. The first kappa shape index (κ1) is 15.7. The molecule has 0 saturated carbocycles. The fourth-order valence-corrected chi connectivity index (χ4v) is 1.85. The molecule has 1 rings (SSSR count). The summed E-state index contributed by atoms with van der Waals surface area (Å²) in [6.07, 6.45) is 1.84. The lowest BCUT2D eigenvalue weighted by Gasteiger charge is -2.32. The van der Waals surface area contributed by atoms with Crippen LogP contribution < -0.4 is 0 Å². The molecule has 19 heavy (non-hydrogen) atoms. The monoisotopic (exact) mass is 265 g/mol. The van der Waals surface area contributed by atoms with Gasteiger partial charge in [0.05, 0.1) is 11.6 Å². The van der Waals surface area contributed by atoms with E-state index in [1.165, 1.54) is 5.06 Å². The molecule has 0 aliphatic heterocycles. The third-order valence-electron chi connectivity index (χ3n) is 2.62. The minimum Gasteiger partial charge on any atom is -0.396 e. The van der Waals surface area contributed by atoms with E-state index in [4.69, 9.17) is 9.94 Å². The number of amides is 1. The second kappa shape index (κ2) is 7.26. The largest absolute Gasteiger partial charge is 0.396 e. The van der Waals surface area contributed by atoms with Crippen LogP contribution >= 0.6 is 0 Å². The first-order valence-electron chi connectivity index (χ1n) is 6.54. The zero-order valence-electron chi connectivity index (χ0n) is 11.9. The lowest BCUT2D eigenvalue weighted by Crippen LogP contribution is -2.42. The molecule has 0 aliphatic carbocycles. The van der Waals surface area contributed by atoms with Gasteiger partial charge in [-0.05, 0) is 39.2 Å². The summed E-state index contributed by atoms with van der Waals surface area (Å²) in [7, 11) is 0. The van der Waals surface area contributed by atoms with Gasteiger partial charge >= 0.3 is 0 Å². The van der Waals surface area contributed by atoms with Crippen LogP contribution in [0, 0.1) is 0 Å². The van der Waals surface area contributed by atoms with Crippen molar-refractivity contribution in [1.29, 1.82) is 0 Å². The van der Waals surface area contributed by atoms with Crippen LogP contribution in [0.15, 0.2) is 30.3 Å². The Morgan fingerprint density at radius 2 is 1.95 bits per heavy atom. The van der Waals surface area contributed by atoms with Crippen LogP contribution in [0.25, 0.3) is 0 Å². The first-order chi connectivity index (χ1) is 8.96. The number of carbonyl (C=O) groups is 1. The zero-order chi connectivity index (χ0) is 14.3. The number of hydrogen-bond acceptors (Lipinski definition) is 3. The molecule has 0 spiro atoms. The summed E-state index contributed by atoms with van der Waals surface area (Å²) in [6, 6.07) is 9.72. The predicted octanol–water partition coefficient (Wildman–Crippen LogP) is 2.17. The van der Waals surface area contributed by atoms with Crippen LogP contribution in [0.2, 0.25) is 0 Å². The van der Waals surface area contributed by atoms with Crippen LogP contribution in [0.1, 0.15) is 32.8 Å². The highest BCUT2D eigenvalue weighted by molar-refractivity contribution is 5.46. The summed E-state index contributed by atoms with van der Waals surface area (Å²) in [4.78, 5) is 16.8. The molecule has 1 N–H and O–H groups in total. The molecule has 0 bridgehead atoms. The summed E-state index contributed by atoms with van der Waals surface area (Å²) in [5.74, 6) is 0. The Hall–Kier alpha value is -1.39. The van der Waals surface area contributed by atoms with Crippen molar-refractivity contribution in [2.24, 2.45) is 0 Å². The number of carbonyl (C=O) groups excluding carboxylic acids is 1. The van der Waals surface area contributed by atoms with Crippen molar-refractivity contribution >= 4 is 6.41 Å². The molecule has 4 nitrogen and oxygen atoms in total. The van der Waals surface area contributed by atoms with Crippen molar-refractivity contribution in [3.05, 3.63) is 35.9 Å². The normalized spacial score (nSPS) is 13.1. The highest BCUT2D eigenvalue weighted by Crippen LogP contribution is 2.16. The molecule has 1 unspecified atom stereocenters. The average molecular weight is 265 g/mol. The van der Waals surface area contributed by atoms with Crippen LogP contribution in [-0.4, -0.2) is 34.8 Å². The van der Waals surface area contributed by atoms with Gasteiger partial charge in [0.1, 0.15) is 0 Å². The van der Waals surface area contributed by atoms with Gasteiger partial charge in [0, 0.05) is 6.61 Å². The third kappa shape index (κ3) is 5.85. The van der Waals surface area contributed by atoms with E-state index in [-0.39, 0.29) is 12.6 Å². The van der Waals surface area contributed by atoms with Crippen LogP contribution in [0.4, 0.5) is 0 Å². The number of aliphatic hydroxyl groups is 1. The van der Waals surface area contributed by atoms with E-state index in [1.54, 1.807) is 0 Å². The van der Waals surface area contributed by atoms with Crippen molar-refractivity contribution in [2.75, 3.05) is 6.61 Å². The number of hydroxylamine groups is 2. The second-order valence-corrected chi connectivity index (χ2v) is 5.52. The molecule has 0 fully saturated rings. The Kier molecular flexibility index (Phi) is 5.99. The fourth-order valence-electron chi connectivity index (χ4n) is 1.85. The van der Waals surface area contributed by atoms with Crippen molar-refractivity contribution in [1.82, 2.24) is 5.06 Å². The summed E-state index contributed by atoms with van der Waals surface area (Å²) < 4.78 is 0. The lowest BCUT2D eigenvalue weighted by atomic mass is 10.0. The van der Waals surface area contributed by atoms with Gasteiger partial charge in [0.15, 0.2) is 0 Å². The number of rotatable bonds is 7. The molecular weight excluding hydrogens is 242 g/mol. The molecule has 106 valence electrons. The van der Waals surface area contributed by atoms with Crippen molar-refractivity contribution in [3.8, 4) is 0 Å². The smallest absolute Gasteiger partial charge is 0.233 e. The quantitative estimate of drug-likeness (QED) is 0.607. The van der Waals surface area contributed by atoms with Gasteiger partial charge in [-0.1, -0.05) is 30.3 Å². The molecule has 0 saturated heterocycles. The van der Waals surface area contributed by atoms with Gasteiger partial charge in [-0.25, -0.2) is 5.06 Å². The maximum Gasteiger partial charge on any atom is 0.233 e. The van der Waals surface area contributed by atoms with E-state index in [0.29, 0.717) is 19.3 Å². The Labute approximate surface area is 114 Å². The van der Waals surface area contributed by atoms with E-state index < -0.39 is 5.60 Å². The molecule has 0 aliphatic rings. The number of benzene rings is 1. The standard InChI is InChI=1S/C15H23NO3/c1-15(2,3)19-16(12-18)14(9-10-17)11-13-7-5-4-6-8-13/h4-8,12,14,17H,9-11H2,1-3H3. The highest BCUT2D eigenvalue weighted by atomic mass is 16.7. The Morgan fingerprint density at radius 3 is 2.42 bits per heavy atom. The van der Waals surface area contributed by atoms with Gasteiger partial charge in [0.2, 0.25) is 6.41 Å². The van der Waals surface area contributed by atoms with Gasteiger partial charge in [-0.3, -0.25) is 9.63 Å². The zero-order valence-corrected chi connectivity index (χ0v) is 11.9. The maximum absolute atomic E-state index is 11.2. The molecule has 1 amide bonds. The van der Waals surface area contributed by atoms with Gasteiger partial charge in [-0.15, -0.1) is 0 Å². The molecule has 1 aromatic rings. The Morgan fingerprint density at radius 1 is 1.32 bits per heavy atom. The lowest BCUT2D eigenvalue weighted by molar-refractivity contribution is -0.233. The predicted molar refractivity (Wildman–Crippen MR) is 74.4 cm³/mol. The van der Waals surface area contributed by atoms with Crippen LogP contribution in [0.5, 0.6) is 0 Å². The number of nitrogens with zero attached hydrogens (tertiary/aromatic N) is 1. The third-order valence-corrected chi connectivity index (χ3v) is 2.62. The molecule has 1 atom stereocenters. The fraction of sp³-hybridized carbons (Fsp3) is 0.533. The maximum atomic E-state index is 11.2. The number of aliphatic hydroxyl groups excluding tert-OH is 1. The van der Waals surface area contributed by atoms with E-state index >= 15 is 0 Å². The van der Waals surface area contributed by atoms with Crippen molar-refractivity contribution < 1.29 is 14.7 Å². The molecule has 0 radical (unpaired) electrons. The first-order valence-corrected chi connectivity index (χ1v) is 6.54. The molecule has 0 heterocycles. The van der Waals surface area contributed by atoms with E-state index in [2.05, 4.69) is 0 Å².